The van der Waals surface area contributed by atoms with E-state index in [1.807, 2.05) is 11.8 Å². The molecule has 0 spiro atoms. The van der Waals surface area contributed by atoms with Crippen LogP contribution in [0.2, 0.25) is 0 Å². The topological polar surface area (TPSA) is 32.3 Å². The highest BCUT2D eigenvalue weighted by molar-refractivity contribution is 7.99. The van der Waals surface area contributed by atoms with Crippen LogP contribution in [0.3, 0.4) is 0 Å². The molecule has 1 N–H and O–H groups in total. The molecule has 0 aromatic heterocycles. The Morgan fingerprint density at radius 1 is 1.35 bits per heavy atom. The van der Waals surface area contributed by atoms with Crippen molar-refractivity contribution in [3.63, 3.8) is 0 Å². The van der Waals surface area contributed by atoms with Crippen molar-refractivity contribution < 1.29 is 13.6 Å². The molecular formula is C14H16F2N2OS. The molecule has 2 atom stereocenters. The summed E-state index contributed by atoms with van der Waals surface area (Å²) in [5.41, 5.74) is 0.341. The van der Waals surface area contributed by atoms with Crippen molar-refractivity contribution in [2.75, 3.05) is 18.1 Å². The van der Waals surface area contributed by atoms with Crippen LogP contribution in [-0.2, 0) is 4.79 Å². The van der Waals surface area contributed by atoms with E-state index in [-0.39, 0.29) is 18.5 Å². The number of hydrogen-bond acceptors (Lipinski definition) is 3. The van der Waals surface area contributed by atoms with Gasteiger partial charge in [0.25, 0.3) is 0 Å². The van der Waals surface area contributed by atoms with Crippen LogP contribution in [0.25, 0.3) is 0 Å². The minimum Gasteiger partial charge on any atom is -0.318 e. The summed E-state index contributed by atoms with van der Waals surface area (Å²) < 4.78 is 27.0. The van der Waals surface area contributed by atoms with Crippen molar-refractivity contribution in [1.82, 2.24) is 10.2 Å². The fraction of sp³-hybridized carbons (Fsp3) is 0.500. The molecule has 108 valence electrons. The number of amides is 1. The standard InChI is InChI=1S/C14H16F2N2OS/c15-9-3-4-11(12(16)6-9)14-17-7-13(19)18(14)10-2-1-5-20-8-10/h3-4,6,10,14,17H,1-2,5,7-8H2. The number of carbonyl (C=O) groups is 1. The van der Waals surface area contributed by atoms with Crippen molar-refractivity contribution in [2.45, 2.75) is 25.0 Å². The molecule has 3 nitrogen and oxygen atoms in total. The number of carbonyl (C=O) groups excluding carboxylic acids is 1. The van der Waals surface area contributed by atoms with Crippen LogP contribution in [-0.4, -0.2) is 34.9 Å². The molecule has 0 radical (unpaired) electrons. The third-order valence-electron chi connectivity index (χ3n) is 3.80. The predicted octanol–water partition coefficient (Wildman–Crippen LogP) is 2.29. The number of thioether (sulfide) groups is 1. The minimum atomic E-state index is -0.606. The van der Waals surface area contributed by atoms with Gasteiger partial charge < -0.3 is 4.90 Å². The van der Waals surface area contributed by atoms with Crippen molar-refractivity contribution in [2.24, 2.45) is 0 Å². The summed E-state index contributed by atoms with van der Waals surface area (Å²) in [4.78, 5) is 13.8. The maximum atomic E-state index is 13.9. The van der Waals surface area contributed by atoms with Crippen LogP contribution in [0.5, 0.6) is 0 Å². The van der Waals surface area contributed by atoms with Gasteiger partial charge in [-0.05, 0) is 30.7 Å². The Bertz CT molecular complexity index is 520. The third-order valence-corrected chi connectivity index (χ3v) is 5.00. The van der Waals surface area contributed by atoms with E-state index in [9.17, 15) is 13.6 Å². The van der Waals surface area contributed by atoms with Crippen LogP contribution in [0.15, 0.2) is 18.2 Å². The molecule has 20 heavy (non-hydrogen) atoms. The summed E-state index contributed by atoms with van der Waals surface area (Å²) in [7, 11) is 0. The second kappa shape index (κ2) is 5.69. The highest BCUT2D eigenvalue weighted by Gasteiger charge is 2.38. The van der Waals surface area contributed by atoms with Gasteiger partial charge in [-0.3, -0.25) is 10.1 Å². The number of benzene rings is 1. The molecule has 2 saturated heterocycles. The molecule has 2 aliphatic rings. The Morgan fingerprint density at radius 2 is 2.20 bits per heavy atom. The second-order valence-corrected chi connectivity index (χ2v) is 6.27. The normalized spacial score (nSPS) is 27.1. The van der Waals surface area contributed by atoms with Crippen LogP contribution in [0, 0.1) is 11.6 Å². The zero-order valence-electron chi connectivity index (χ0n) is 10.9. The lowest BCUT2D eigenvalue weighted by Crippen LogP contribution is -2.42. The number of halogens is 2. The van der Waals surface area contributed by atoms with Gasteiger partial charge in [-0.1, -0.05) is 0 Å². The third kappa shape index (κ3) is 2.54. The van der Waals surface area contributed by atoms with E-state index in [0.29, 0.717) is 5.56 Å². The van der Waals surface area contributed by atoms with Crippen molar-refractivity contribution in [3.8, 4) is 0 Å². The van der Waals surface area contributed by atoms with Gasteiger partial charge in [-0.15, -0.1) is 0 Å². The molecule has 0 bridgehead atoms. The monoisotopic (exact) mass is 298 g/mol. The Labute approximate surface area is 120 Å². The van der Waals surface area contributed by atoms with Gasteiger partial charge in [0.05, 0.1) is 6.54 Å². The first-order chi connectivity index (χ1) is 9.66. The molecule has 0 saturated carbocycles. The SMILES string of the molecule is O=C1CNC(c2ccc(F)cc2F)N1C1CCCSC1. The molecule has 1 aromatic carbocycles. The lowest BCUT2D eigenvalue weighted by atomic mass is 10.1. The van der Waals surface area contributed by atoms with E-state index in [4.69, 9.17) is 0 Å². The average molecular weight is 298 g/mol. The van der Waals surface area contributed by atoms with Gasteiger partial charge in [0, 0.05) is 23.4 Å². The Kier molecular flexibility index (Phi) is 3.94. The minimum absolute atomic E-state index is 0.00812. The molecular weight excluding hydrogens is 282 g/mol. The van der Waals surface area contributed by atoms with Gasteiger partial charge >= 0.3 is 0 Å². The van der Waals surface area contributed by atoms with E-state index >= 15 is 0 Å². The molecule has 2 fully saturated rings. The number of hydrogen-bond donors (Lipinski definition) is 1. The van der Waals surface area contributed by atoms with Crippen LogP contribution in [0.4, 0.5) is 8.78 Å². The smallest absolute Gasteiger partial charge is 0.238 e. The summed E-state index contributed by atoms with van der Waals surface area (Å²) >= 11 is 1.82. The average Bonchev–Trinajstić information content (AvgIpc) is 2.81. The zero-order valence-corrected chi connectivity index (χ0v) is 11.8. The second-order valence-electron chi connectivity index (χ2n) is 5.12. The van der Waals surface area contributed by atoms with Gasteiger partial charge in [0.2, 0.25) is 5.91 Å². The first-order valence-electron chi connectivity index (χ1n) is 6.74. The number of nitrogens with one attached hydrogen (secondary N) is 1. The Morgan fingerprint density at radius 3 is 2.90 bits per heavy atom. The highest BCUT2D eigenvalue weighted by atomic mass is 32.2. The van der Waals surface area contributed by atoms with Crippen molar-refractivity contribution in [1.29, 1.82) is 0 Å². The molecule has 2 aliphatic heterocycles. The maximum Gasteiger partial charge on any atom is 0.238 e. The van der Waals surface area contributed by atoms with Gasteiger partial charge in [-0.25, -0.2) is 8.78 Å². The summed E-state index contributed by atoms with van der Waals surface area (Å²) in [5, 5.41) is 3.04. The van der Waals surface area contributed by atoms with Crippen LogP contribution < -0.4 is 5.32 Å². The largest absolute Gasteiger partial charge is 0.318 e. The maximum absolute atomic E-state index is 13.9. The molecule has 1 amide bonds. The highest BCUT2D eigenvalue weighted by Crippen LogP contribution is 2.32. The van der Waals surface area contributed by atoms with E-state index in [1.54, 1.807) is 4.90 Å². The fourth-order valence-corrected chi connectivity index (χ4v) is 4.00. The van der Waals surface area contributed by atoms with E-state index in [1.165, 1.54) is 12.1 Å². The lowest BCUT2D eigenvalue weighted by molar-refractivity contribution is -0.130. The summed E-state index contributed by atoms with van der Waals surface area (Å²) in [6, 6.07) is 3.65. The zero-order chi connectivity index (χ0) is 14.1. The summed E-state index contributed by atoms with van der Waals surface area (Å²) in [6.07, 6.45) is 1.53. The number of nitrogens with zero attached hydrogens (tertiary/aromatic N) is 1. The Balaban J connectivity index is 1.88. The first-order valence-corrected chi connectivity index (χ1v) is 7.89. The van der Waals surface area contributed by atoms with Gasteiger partial charge in [0.15, 0.2) is 0 Å². The van der Waals surface area contributed by atoms with Crippen LogP contribution >= 0.6 is 11.8 Å². The quantitative estimate of drug-likeness (QED) is 0.909. The molecule has 3 rings (SSSR count). The van der Waals surface area contributed by atoms with Gasteiger partial charge in [-0.2, -0.15) is 11.8 Å². The molecule has 6 heteroatoms. The van der Waals surface area contributed by atoms with Crippen molar-refractivity contribution in [3.05, 3.63) is 35.4 Å². The van der Waals surface area contributed by atoms with Crippen molar-refractivity contribution >= 4 is 17.7 Å². The molecule has 2 unspecified atom stereocenters. The molecule has 0 aliphatic carbocycles. The Hall–Kier alpha value is -1.14. The van der Waals surface area contributed by atoms with E-state index in [0.717, 1.165) is 30.4 Å². The van der Waals surface area contributed by atoms with E-state index < -0.39 is 17.8 Å². The van der Waals surface area contributed by atoms with Crippen LogP contribution in [0.1, 0.15) is 24.6 Å². The molecule has 2 heterocycles. The first kappa shape index (κ1) is 13.8. The fourth-order valence-electron chi connectivity index (χ4n) is 2.86. The van der Waals surface area contributed by atoms with E-state index in [2.05, 4.69) is 5.32 Å². The summed E-state index contributed by atoms with van der Waals surface area (Å²) in [5.74, 6) is 0.779. The van der Waals surface area contributed by atoms with Gasteiger partial charge in [0.1, 0.15) is 17.8 Å². The molecule has 1 aromatic rings. The number of rotatable bonds is 2. The summed E-state index contributed by atoms with van der Waals surface area (Å²) in [6.45, 7) is 0.211. The predicted molar refractivity (Wildman–Crippen MR) is 74.3 cm³/mol. The lowest BCUT2D eigenvalue weighted by Gasteiger charge is -2.35.